The highest BCUT2D eigenvalue weighted by molar-refractivity contribution is 9.10. The Bertz CT molecular complexity index is 1060. The Hall–Kier alpha value is -3.24. The van der Waals surface area contributed by atoms with Gasteiger partial charge in [0.15, 0.2) is 0 Å². The van der Waals surface area contributed by atoms with E-state index in [2.05, 4.69) is 39.2 Å². The largest absolute Gasteiger partial charge is 0.402 e. The van der Waals surface area contributed by atoms with Gasteiger partial charge in [0.05, 0.1) is 6.04 Å². The van der Waals surface area contributed by atoms with E-state index in [-0.39, 0.29) is 18.5 Å². The summed E-state index contributed by atoms with van der Waals surface area (Å²) in [4.78, 5) is 32.8. The maximum absolute atomic E-state index is 12.5. The number of nitrogens with one attached hydrogen (secondary N) is 3. The average Bonchev–Trinajstić information content (AvgIpc) is 3.18. The van der Waals surface area contributed by atoms with Gasteiger partial charge in [-0.25, -0.2) is 0 Å². The van der Waals surface area contributed by atoms with E-state index in [0.717, 1.165) is 58.0 Å². The average molecular weight is 562 g/mol. The Morgan fingerprint density at radius 2 is 1.97 bits per heavy atom. The van der Waals surface area contributed by atoms with Gasteiger partial charge in [-0.1, -0.05) is 22.0 Å². The number of fused-ring (bicyclic) bond motifs is 1. The van der Waals surface area contributed by atoms with Crippen LogP contribution in [0.2, 0.25) is 0 Å². The van der Waals surface area contributed by atoms with Crippen LogP contribution in [0.4, 0.5) is 0 Å². The number of likely N-dealkylation sites (tertiary alicyclic amines) is 1. The molecule has 2 heterocycles. The zero-order valence-electron chi connectivity index (χ0n) is 21.1. The fraction of sp³-hybridized carbons (Fsp3) is 0.385. The third-order valence-electron chi connectivity index (χ3n) is 5.56. The molecule has 0 aliphatic carbocycles. The third-order valence-corrected chi connectivity index (χ3v) is 6.05. The fourth-order valence-electron chi connectivity index (χ4n) is 3.81. The number of aromatic nitrogens is 1. The van der Waals surface area contributed by atoms with Crippen LogP contribution in [0.15, 0.2) is 52.8 Å². The van der Waals surface area contributed by atoms with E-state index in [1.165, 1.54) is 6.21 Å². The van der Waals surface area contributed by atoms with Gasteiger partial charge < -0.3 is 36.0 Å². The Labute approximate surface area is 221 Å². The molecule has 2 amide bonds. The summed E-state index contributed by atoms with van der Waals surface area (Å²) in [6, 6.07) is 6.05. The highest BCUT2D eigenvalue weighted by atomic mass is 79.9. The highest BCUT2D eigenvalue weighted by Crippen LogP contribution is 2.27. The van der Waals surface area contributed by atoms with Gasteiger partial charge in [-0.3, -0.25) is 9.59 Å². The van der Waals surface area contributed by atoms with Crippen molar-refractivity contribution in [1.29, 1.82) is 5.41 Å². The lowest BCUT2D eigenvalue weighted by molar-refractivity contribution is -0.128. The van der Waals surface area contributed by atoms with Crippen LogP contribution in [0.1, 0.15) is 25.3 Å². The molecule has 1 fully saturated rings. The van der Waals surface area contributed by atoms with Gasteiger partial charge in [0.25, 0.3) is 0 Å². The first kappa shape index (κ1) is 30.8. The molecule has 196 valence electrons. The molecule has 0 saturated carbocycles. The number of rotatable bonds is 11. The van der Waals surface area contributed by atoms with Gasteiger partial charge in [0.2, 0.25) is 12.3 Å². The van der Waals surface area contributed by atoms with Gasteiger partial charge in [0.1, 0.15) is 13.3 Å². The lowest BCUT2D eigenvalue weighted by atomic mass is 10.0. The van der Waals surface area contributed by atoms with Crippen LogP contribution in [-0.2, 0) is 27.3 Å². The van der Waals surface area contributed by atoms with Gasteiger partial charge in [0, 0.05) is 46.6 Å². The zero-order chi connectivity index (χ0) is 27.1. The number of aryl methyl sites for hydroxylation is 1. The minimum atomic E-state index is -0.0699. The van der Waals surface area contributed by atoms with Crippen LogP contribution in [0.25, 0.3) is 10.9 Å². The predicted molar refractivity (Wildman–Crippen MR) is 149 cm³/mol. The summed E-state index contributed by atoms with van der Waals surface area (Å²) in [7, 11) is 1.88. The summed E-state index contributed by atoms with van der Waals surface area (Å²) < 4.78 is 2.94. The van der Waals surface area contributed by atoms with Crippen molar-refractivity contribution in [3.63, 3.8) is 0 Å². The summed E-state index contributed by atoms with van der Waals surface area (Å²) in [5.74, 6) is -0.0699. The molecule has 0 spiro atoms. The van der Waals surface area contributed by atoms with E-state index >= 15 is 0 Å². The number of halogens is 1. The Kier molecular flexibility index (Phi) is 14.1. The number of amides is 2. The van der Waals surface area contributed by atoms with E-state index in [1.54, 1.807) is 11.0 Å². The van der Waals surface area contributed by atoms with Gasteiger partial charge in [-0.15, -0.1) is 6.58 Å². The molecular weight excluding hydrogens is 524 g/mol. The molecule has 0 unspecified atom stereocenters. The van der Waals surface area contributed by atoms with Crippen molar-refractivity contribution in [2.24, 2.45) is 5.73 Å². The predicted octanol–water partition coefficient (Wildman–Crippen LogP) is 2.77. The van der Waals surface area contributed by atoms with E-state index in [9.17, 15) is 9.59 Å². The minimum Gasteiger partial charge on any atom is -0.402 e. The maximum atomic E-state index is 12.5. The van der Waals surface area contributed by atoms with Crippen molar-refractivity contribution in [2.75, 3.05) is 26.7 Å². The Morgan fingerprint density at radius 3 is 2.56 bits per heavy atom. The van der Waals surface area contributed by atoms with Crippen LogP contribution in [0.5, 0.6) is 0 Å². The number of benzene rings is 1. The third kappa shape index (κ3) is 9.09. The first-order valence-electron chi connectivity index (χ1n) is 11.6. The molecule has 1 aliphatic rings. The number of nitrogens with two attached hydrogens (primary N) is 1. The quantitative estimate of drug-likeness (QED) is 0.190. The van der Waals surface area contributed by atoms with E-state index in [4.69, 9.17) is 15.9 Å². The van der Waals surface area contributed by atoms with Gasteiger partial charge in [-0.2, -0.15) is 0 Å². The maximum Gasteiger partial charge on any atom is 0.240 e. The van der Waals surface area contributed by atoms with Gasteiger partial charge >= 0.3 is 0 Å². The number of nitrogens with zero attached hydrogens (tertiary/aromatic N) is 2. The number of allylic oxidation sites excluding steroid dienone is 2. The molecule has 2 aromatic rings. The molecule has 3 rings (SSSR count). The van der Waals surface area contributed by atoms with Crippen LogP contribution in [0, 0.1) is 5.41 Å². The fourth-order valence-corrected chi connectivity index (χ4v) is 4.17. The second-order valence-corrected chi connectivity index (χ2v) is 9.14. The molecule has 0 radical (unpaired) electrons. The summed E-state index contributed by atoms with van der Waals surface area (Å²) in [6.45, 7) is 9.37. The van der Waals surface area contributed by atoms with Crippen molar-refractivity contribution >= 4 is 52.2 Å². The van der Waals surface area contributed by atoms with Gasteiger partial charge in [-0.05, 0) is 69.1 Å². The molecule has 0 atom stereocenters. The van der Waals surface area contributed by atoms with Crippen LogP contribution in [0.3, 0.4) is 0 Å². The molecule has 0 bridgehead atoms. The number of hydrogen-bond donors (Lipinski definition) is 4. The standard InChI is InChI=1S/C22H29BrN6O2.C3H6.CH2O/c1-26-7-6-15(9-24)20(25)4-2-16-10-29(21-5-3-17(23)8-19(16)21)13-22(31)27-18-11-28(12-18)14-30;1-3-2;1-2/h3,5,8-10,14,18,24,26H,2,4,6-7,11-13,25H2,1H3,(H,27,31);3H,1H2,2H3;1H2/b20-15-,24-9?;;. The molecular formula is C26H37BrN6O3. The van der Waals surface area contributed by atoms with Crippen molar-refractivity contribution in [1.82, 2.24) is 20.1 Å². The molecule has 9 nitrogen and oxygen atoms in total. The first-order valence-corrected chi connectivity index (χ1v) is 12.4. The lowest BCUT2D eigenvalue weighted by Gasteiger charge is -2.36. The summed E-state index contributed by atoms with van der Waals surface area (Å²) in [6.07, 6.45) is 8.00. The number of hydrogen-bond acceptors (Lipinski definition) is 6. The van der Waals surface area contributed by atoms with Crippen molar-refractivity contribution in [3.8, 4) is 0 Å². The SMILES string of the molecule is C=CC.C=O.CNCC/C(C=N)=C(/N)CCc1cn(CC(=O)NC2CN(C=O)C2)c2ccc(Br)cc12. The van der Waals surface area contributed by atoms with Crippen molar-refractivity contribution < 1.29 is 14.4 Å². The van der Waals surface area contributed by atoms with Crippen molar-refractivity contribution in [2.45, 2.75) is 38.8 Å². The molecule has 1 saturated heterocycles. The van der Waals surface area contributed by atoms with E-state index in [1.807, 2.05) is 43.7 Å². The second-order valence-electron chi connectivity index (χ2n) is 8.22. The number of carbonyl (C=O) groups excluding carboxylic acids is 3. The Morgan fingerprint density at radius 1 is 1.31 bits per heavy atom. The van der Waals surface area contributed by atoms with Crippen LogP contribution in [-0.4, -0.2) is 67.5 Å². The smallest absolute Gasteiger partial charge is 0.240 e. The summed E-state index contributed by atoms with van der Waals surface area (Å²) in [5, 5.41) is 14.8. The summed E-state index contributed by atoms with van der Waals surface area (Å²) in [5.41, 5.74) is 9.94. The van der Waals surface area contributed by atoms with E-state index < -0.39 is 0 Å². The highest BCUT2D eigenvalue weighted by Gasteiger charge is 2.26. The molecule has 36 heavy (non-hydrogen) atoms. The minimum absolute atomic E-state index is 0.0234. The first-order chi connectivity index (χ1) is 17.4. The molecule has 5 N–H and O–H groups in total. The summed E-state index contributed by atoms with van der Waals surface area (Å²) >= 11 is 3.54. The topological polar surface area (TPSA) is 133 Å². The monoisotopic (exact) mass is 560 g/mol. The molecule has 1 aromatic heterocycles. The zero-order valence-corrected chi connectivity index (χ0v) is 22.6. The van der Waals surface area contributed by atoms with Crippen LogP contribution >= 0.6 is 15.9 Å². The molecule has 1 aliphatic heterocycles. The van der Waals surface area contributed by atoms with E-state index in [0.29, 0.717) is 19.5 Å². The normalized spacial score (nSPS) is 13.2. The number of carbonyl (C=O) groups is 3. The molecule has 10 heteroatoms. The van der Waals surface area contributed by atoms with Crippen molar-refractivity contribution in [3.05, 3.63) is 58.4 Å². The molecule has 1 aromatic carbocycles. The lowest BCUT2D eigenvalue weighted by Crippen LogP contribution is -2.58. The Balaban J connectivity index is 0.00000120. The second kappa shape index (κ2) is 16.4. The van der Waals surface area contributed by atoms with Crippen LogP contribution < -0.4 is 16.4 Å².